The van der Waals surface area contributed by atoms with E-state index in [4.69, 9.17) is 28.2 Å². The van der Waals surface area contributed by atoms with Gasteiger partial charge < -0.3 is 9.47 Å². The number of fused-ring (bicyclic) bond motifs is 1. The van der Waals surface area contributed by atoms with Crippen LogP contribution < -0.4 is 0 Å². The zero-order chi connectivity index (χ0) is 18.5. The number of benzene rings is 2. The van der Waals surface area contributed by atoms with Gasteiger partial charge in [0, 0.05) is 23.0 Å². The van der Waals surface area contributed by atoms with E-state index in [1.165, 1.54) is 5.56 Å². The number of hydrogen-bond donors (Lipinski definition) is 0. The van der Waals surface area contributed by atoms with E-state index in [1.54, 1.807) is 0 Å². The molecule has 3 rings (SSSR count). The molecular weight excluding hydrogens is 365 g/mol. The highest BCUT2D eigenvalue weighted by Crippen LogP contribution is 2.23. The lowest BCUT2D eigenvalue weighted by atomic mass is 10.1. The lowest BCUT2D eigenvalue weighted by molar-refractivity contribution is 0.293. The number of hydrogen-bond acceptors (Lipinski definition) is 2. The summed E-state index contributed by atoms with van der Waals surface area (Å²) in [4.78, 5) is 7.31. The summed E-state index contributed by atoms with van der Waals surface area (Å²) >= 11 is 12.2. The standard InChI is InChI=1S/C21H25Cl2N3/c1-3-25(4-2)12-5-13-26-20-11-10-18(23)15-19(20)24-21(26)14-16-6-8-17(22)9-7-16/h6-11,15H,3-5,12-14H2,1-2H3. The van der Waals surface area contributed by atoms with Crippen molar-refractivity contribution in [1.29, 1.82) is 0 Å². The smallest absolute Gasteiger partial charge is 0.114 e. The summed E-state index contributed by atoms with van der Waals surface area (Å²) in [6.07, 6.45) is 1.89. The number of imidazole rings is 1. The topological polar surface area (TPSA) is 21.1 Å². The average molecular weight is 390 g/mol. The molecule has 3 aromatic rings. The zero-order valence-corrected chi connectivity index (χ0v) is 16.9. The number of aryl methyl sites for hydroxylation is 1. The molecule has 0 saturated carbocycles. The Bertz CT molecular complexity index is 852. The van der Waals surface area contributed by atoms with Crippen LogP contribution in [0.5, 0.6) is 0 Å². The Morgan fingerprint density at radius 3 is 2.35 bits per heavy atom. The Balaban J connectivity index is 1.86. The Morgan fingerprint density at radius 2 is 1.65 bits per heavy atom. The molecule has 0 unspecified atom stereocenters. The minimum Gasteiger partial charge on any atom is -0.328 e. The molecule has 0 aliphatic heterocycles. The summed E-state index contributed by atoms with van der Waals surface area (Å²) < 4.78 is 2.34. The van der Waals surface area contributed by atoms with Gasteiger partial charge in [0.15, 0.2) is 0 Å². The molecule has 3 nitrogen and oxygen atoms in total. The number of halogens is 2. The SMILES string of the molecule is CCN(CC)CCCn1c(Cc2ccc(Cl)cc2)nc2cc(Cl)ccc21. The van der Waals surface area contributed by atoms with Gasteiger partial charge in [-0.3, -0.25) is 0 Å². The Kier molecular flexibility index (Phi) is 6.58. The maximum atomic E-state index is 6.17. The minimum atomic E-state index is 0.725. The van der Waals surface area contributed by atoms with Crippen LogP contribution in [0.4, 0.5) is 0 Å². The van der Waals surface area contributed by atoms with Crippen molar-refractivity contribution in [3.8, 4) is 0 Å². The summed E-state index contributed by atoms with van der Waals surface area (Å²) in [6, 6.07) is 14.0. The van der Waals surface area contributed by atoms with Crippen molar-refractivity contribution >= 4 is 34.2 Å². The van der Waals surface area contributed by atoms with Gasteiger partial charge in [0.2, 0.25) is 0 Å². The molecule has 1 heterocycles. The molecule has 138 valence electrons. The maximum absolute atomic E-state index is 6.17. The van der Waals surface area contributed by atoms with E-state index in [9.17, 15) is 0 Å². The number of nitrogens with zero attached hydrogens (tertiary/aromatic N) is 3. The fourth-order valence-corrected chi connectivity index (χ4v) is 3.61. The van der Waals surface area contributed by atoms with Crippen molar-refractivity contribution in [2.24, 2.45) is 0 Å². The van der Waals surface area contributed by atoms with Crippen molar-refractivity contribution in [3.05, 3.63) is 63.9 Å². The molecular formula is C21H25Cl2N3. The average Bonchev–Trinajstić information content (AvgIpc) is 2.97. The van der Waals surface area contributed by atoms with Gasteiger partial charge in [-0.05, 0) is 62.0 Å². The summed E-state index contributed by atoms with van der Waals surface area (Å²) in [5, 5.41) is 1.48. The van der Waals surface area contributed by atoms with Gasteiger partial charge in [-0.1, -0.05) is 49.2 Å². The first-order valence-corrected chi connectivity index (χ1v) is 9.97. The maximum Gasteiger partial charge on any atom is 0.114 e. The Labute approximate surface area is 165 Å². The van der Waals surface area contributed by atoms with Crippen molar-refractivity contribution in [2.45, 2.75) is 33.2 Å². The molecule has 0 N–H and O–H groups in total. The highest BCUT2D eigenvalue weighted by atomic mass is 35.5. The first-order chi connectivity index (χ1) is 12.6. The van der Waals surface area contributed by atoms with Crippen LogP contribution in [-0.2, 0) is 13.0 Å². The fraction of sp³-hybridized carbons (Fsp3) is 0.381. The van der Waals surface area contributed by atoms with Gasteiger partial charge in [0.25, 0.3) is 0 Å². The molecule has 0 spiro atoms. The Hall–Kier alpha value is -1.55. The van der Waals surface area contributed by atoms with Gasteiger partial charge in [-0.2, -0.15) is 0 Å². The van der Waals surface area contributed by atoms with Gasteiger partial charge in [-0.15, -0.1) is 0 Å². The van der Waals surface area contributed by atoms with Crippen LogP contribution in [0.25, 0.3) is 11.0 Å². The molecule has 0 aliphatic rings. The monoisotopic (exact) mass is 389 g/mol. The van der Waals surface area contributed by atoms with Crippen molar-refractivity contribution in [1.82, 2.24) is 14.5 Å². The van der Waals surface area contributed by atoms with Crippen LogP contribution >= 0.6 is 23.2 Å². The molecule has 26 heavy (non-hydrogen) atoms. The van der Waals surface area contributed by atoms with Crippen molar-refractivity contribution in [3.63, 3.8) is 0 Å². The lowest BCUT2D eigenvalue weighted by Gasteiger charge is -2.18. The van der Waals surface area contributed by atoms with Crippen LogP contribution in [0.1, 0.15) is 31.7 Å². The molecule has 2 aromatic carbocycles. The van der Waals surface area contributed by atoms with Crippen LogP contribution in [0.2, 0.25) is 10.0 Å². The van der Waals surface area contributed by atoms with E-state index in [1.807, 2.05) is 24.3 Å². The largest absolute Gasteiger partial charge is 0.328 e. The first-order valence-electron chi connectivity index (χ1n) is 9.22. The second kappa shape index (κ2) is 8.90. The molecule has 0 aliphatic carbocycles. The Morgan fingerprint density at radius 1 is 0.962 bits per heavy atom. The minimum absolute atomic E-state index is 0.725. The van der Waals surface area contributed by atoms with E-state index in [0.29, 0.717) is 0 Å². The summed E-state index contributed by atoms with van der Waals surface area (Å²) in [5.74, 6) is 1.07. The van der Waals surface area contributed by atoms with Gasteiger partial charge in [-0.25, -0.2) is 4.98 Å². The van der Waals surface area contributed by atoms with Gasteiger partial charge in [0.05, 0.1) is 11.0 Å². The van der Waals surface area contributed by atoms with Gasteiger partial charge >= 0.3 is 0 Å². The molecule has 0 fully saturated rings. The second-order valence-electron chi connectivity index (χ2n) is 6.50. The molecule has 5 heteroatoms. The van der Waals surface area contributed by atoms with Gasteiger partial charge in [0.1, 0.15) is 5.82 Å². The number of rotatable bonds is 8. The zero-order valence-electron chi connectivity index (χ0n) is 15.4. The van der Waals surface area contributed by atoms with E-state index < -0.39 is 0 Å². The molecule has 0 bridgehead atoms. The summed E-state index contributed by atoms with van der Waals surface area (Å²) in [7, 11) is 0. The molecule has 0 amide bonds. The van der Waals surface area contributed by atoms with Crippen molar-refractivity contribution in [2.75, 3.05) is 19.6 Å². The second-order valence-corrected chi connectivity index (χ2v) is 7.37. The third-order valence-electron chi connectivity index (χ3n) is 4.82. The van der Waals surface area contributed by atoms with Crippen LogP contribution in [0.3, 0.4) is 0 Å². The quantitative estimate of drug-likeness (QED) is 0.494. The predicted molar refractivity (Wildman–Crippen MR) is 111 cm³/mol. The highest BCUT2D eigenvalue weighted by Gasteiger charge is 2.12. The first kappa shape index (κ1) is 19.2. The van der Waals surface area contributed by atoms with Crippen molar-refractivity contribution < 1.29 is 0 Å². The number of aromatic nitrogens is 2. The molecule has 1 aromatic heterocycles. The van der Waals surface area contributed by atoms with E-state index in [0.717, 1.165) is 65.9 Å². The van der Waals surface area contributed by atoms with E-state index in [-0.39, 0.29) is 0 Å². The third kappa shape index (κ3) is 4.59. The molecule has 0 radical (unpaired) electrons. The fourth-order valence-electron chi connectivity index (χ4n) is 3.31. The third-order valence-corrected chi connectivity index (χ3v) is 5.30. The molecule has 0 saturated heterocycles. The van der Waals surface area contributed by atoms with E-state index in [2.05, 4.69) is 41.5 Å². The van der Waals surface area contributed by atoms with Crippen LogP contribution in [0, 0.1) is 0 Å². The lowest BCUT2D eigenvalue weighted by Crippen LogP contribution is -2.25. The van der Waals surface area contributed by atoms with Crippen LogP contribution in [-0.4, -0.2) is 34.1 Å². The van der Waals surface area contributed by atoms with Crippen LogP contribution in [0.15, 0.2) is 42.5 Å². The predicted octanol–water partition coefficient (Wildman–Crippen LogP) is 5.67. The normalized spacial score (nSPS) is 11.6. The summed E-state index contributed by atoms with van der Waals surface area (Å²) in [5.41, 5.74) is 3.32. The highest BCUT2D eigenvalue weighted by molar-refractivity contribution is 6.31. The summed E-state index contributed by atoms with van der Waals surface area (Å²) in [6.45, 7) is 8.66. The van der Waals surface area contributed by atoms with E-state index >= 15 is 0 Å². The molecule has 0 atom stereocenters.